The number of rotatable bonds is 3. The van der Waals surface area contributed by atoms with Gasteiger partial charge >= 0.3 is 0 Å². The van der Waals surface area contributed by atoms with Crippen LogP contribution >= 0.6 is 11.6 Å². The summed E-state index contributed by atoms with van der Waals surface area (Å²) >= 11 is 5.95. The Morgan fingerprint density at radius 2 is 1.96 bits per heavy atom. The standard InChI is InChI=1S/C19H18ClFN2/c20-14-3-1-13(2-4-14)8-10-23-18-6-5-15(21)11-16(18)17-12-22-9-7-19(17)23/h1-6,11,22H,7-10,12H2. The average molecular weight is 329 g/mol. The van der Waals surface area contributed by atoms with Gasteiger partial charge < -0.3 is 9.88 Å². The number of hydrogen-bond donors (Lipinski definition) is 1. The summed E-state index contributed by atoms with van der Waals surface area (Å²) in [6.07, 6.45) is 1.93. The normalized spacial score (nSPS) is 14.2. The van der Waals surface area contributed by atoms with Crippen molar-refractivity contribution >= 4 is 22.5 Å². The maximum atomic E-state index is 13.7. The van der Waals surface area contributed by atoms with Crippen LogP contribution < -0.4 is 5.32 Å². The number of benzene rings is 2. The number of nitrogens with zero attached hydrogens (tertiary/aromatic N) is 1. The second-order valence-electron chi connectivity index (χ2n) is 6.04. The minimum absolute atomic E-state index is 0.166. The van der Waals surface area contributed by atoms with Gasteiger partial charge in [0.25, 0.3) is 0 Å². The number of halogens is 2. The van der Waals surface area contributed by atoms with E-state index in [9.17, 15) is 4.39 Å². The van der Waals surface area contributed by atoms with E-state index >= 15 is 0 Å². The molecule has 1 aliphatic heterocycles. The lowest BCUT2D eigenvalue weighted by Gasteiger charge is -2.17. The predicted molar refractivity (Wildman–Crippen MR) is 92.5 cm³/mol. The molecule has 4 rings (SSSR count). The molecule has 0 fully saturated rings. The highest BCUT2D eigenvalue weighted by Gasteiger charge is 2.19. The molecule has 2 aromatic carbocycles. The zero-order chi connectivity index (χ0) is 15.8. The fourth-order valence-corrected chi connectivity index (χ4v) is 3.63. The zero-order valence-electron chi connectivity index (χ0n) is 12.8. The van der Waals surface area contributed by atoms with Gasteiger partial charge in [0.1, 0.15) is 5.82 Å². The molecule has 0 saturated heterocycles. The smallest absolute Gasteiger partial charge is 0.123 e. The second kappa shape index (κ2) is 5.99. The van der Waals surface area contributed by atoms with Gasteiger partial charge in [-0.05, 0) is 47.9 Å². The van der Waals surface area contributed by atoms with E-state index in [-0.39, 0.29) is 5.82 Å². The summed E-state index contributed by atoms with van der Waals surface area (Å²) in [5.74, 6) is -0.166. The maximum absolute atomic E-state index is 13.7. The molecule has 0 saturated carbocycles. The van der Waals surface area contributed by atoms with Crippen molar-refractivity contribution in [3.05, 3.63) is 70.1 Å². The van der Waals surface area contributed by atoms with Crippen LogP contribution in [0.3, 0.4) is 0 Å². The minimum Gasteiger partial charge on any atom is -0.344 e. The Bertz CT molecular complexity index is 852. The number of hydrogen-bond acceptors (Lipinski definition) is 1. The van der Waals surface area contributed by atoms with E-state index in [1.165, 1.54) is 16.8 Å². The fourth-order valence-electron chi connectivity index (χ4n) is 3.50. The zero-order valence-corrected chi connectivity index (χ0v) is 13.5. The van der Waals surface area contributed by atoms with Crippen molar-refractivity contribution in [2.45, 2.75) is 25.9 Å². The minimum atomic E-state index is -0.166. The van der Waals surface area contributed by atoms with Crippen LogP contribution in [-0.4, -0.2) is 11.1 Å². The number of aryl methyl sites for hydroxylation is 2. The third-order valence-corrected chi connectivity index (χ3v) is 4.88. The Morgan fingerprint density at radius 1 is 1.13 bits per heavy atom. The molecule has 0 radical (unpaired) electrons. The molecule has 0 unspecified atom stereocenters. The van der Waals surface area contributed by atoms with Crippen LogP contribution in [0.4, 0.5) is 4.39 Å². The third-order valence-electron chi connectivity index (χ3n) is 4.63. The first kappa shape index (κ1) is 14.7. The van der Waals surface area contributed by atoms with Crippen molar-refractivity contribution in [2.75, 3.05) is 6.54 Å². The Morgan fingerprint density at radius 3 is 2.78 bits per heavy atom. The van der Waals surface area contributed by atoms with Gasteiger partial charge in [-0.25, -0.2) is 4.39 Å². The molecule has 3 aromatic rings. The van der Waals surface area contributed by atoms with Crippen molar-refractivity contribution in [1.29, 1.82) is 0 Å². The van der Waals surface area contributed by atoms with Crippen LogP contribution in [-0.2, 0) is 25.9 Å². The summed E-state index contributed by atoms with van der Waals surface area (Å²) in [5, 5.41) is 5.20. The number of fused-ring (bicyclic) bond motifs is 3. The summed E-state index contributed by atoms with van der Waals surface area (Å²) in [7, 11) is 0. The molecular formula is C19H18ClFN2. The van der Waals surface area contributed by atoms with Crippen LogP contribution in [0, 0.1) is 5.82 Å². The van der Waals surface area contributed by atoms with Gasteiger partial charge in [0.05, 0.1) is 0 Å². The highest BCUT2D eigenvalue weighted by molar-refractivity contribution is 6.30. The van der Waals surface area contributed by atoms with Crippen molar-refractivity contribution in [3.8, 4) is 0 Å². The van der Waals surface area contributed by atoms with E-state index in [2.05, 4.69) is 22.0 Å². The summed E-state index contributed by atoms with van der Waals surface area (Å²) in [6.45, 7) is 2.70. The fraction of sp³-hybridized carbons (Fsp3) is 0.263. The van der Waals surface area contributed by atoms with Crippen molar-refractivity contribution in [2.24, 2.45) is 0 Å². The lowest BCUT2D eigenvalue weighted by Crippen LogP contribution is -2.24. The third kappa shape index (κ3) is 2.75. The Labute approximate surface area is 139 Å². The monoisotopic (exact) mass is 328 g/mol. The van der Waals surface area contributed by atoms with Gasteiger partial charge in [0.2, 0.25) is 0 Å². The van der Waals surface area contributed by atoms with Crippen LogP contribution in [0.5, 0.6) is 0 Å². The van der Waals surface area contributed by atoms with Crippen molar-refractivity contribution in [3.63, 3.8) is 0 Å². The lowest BCUT2D eigenvalue weighted by atomic mass is 10.1. The first-order valence-electron chi connectivity index (χ1n) is 7.97. The SMILES string of the molecule is Fc1ccc2c(c1)c1c(n2CCc2ccc(Cl)cc2)CCNC1. The van der Waals surface area contributed by atoms with E-state index < -0.39 is 0 Å². The quantitative estimate of drug-likeness (QED) is 0.757. The Balaban J connectivity index is 1.72. The molecule has 0 aliphatic carbocycles. The van der Waals surface area contributed by atoms with E-state index in [4.69, 9.17) is 11.6 Å². The van der Waals surface area contributed by atoms with Crippen LogP contribution in [0.15, 0.2) is 42.5 Å². The highest BCUT2D eigenvalue weighted by atomic mass is 35.5. The molecule has 1 aromatic heterocycles. The molecule has 118 valence electrons. The van der Waals surface area contributed by atoms with Gasteiger partial charge in [-0.15, -0.1) is 0 Å². The van der Waals surface area contributed by atoms with Crippen LogP contribution in [0.2, 0.25) is 5.02 Å². The first-order chi connectivity index (χ1) is 11.2. The molecule has 2 heterocycles. The first-order valence-corrected chi connectivity index (χ1v) is 8.35. The lowest BCUT2D eigenvalue weighted by molar-refractivity contribution is 0.594. The highest BCUT2D eigenvalue weighted by Crippen LogP contribution is 2.29. The predicted octanol–water partition coefficient (Wildman–Crippen LogP) is 4.32. The van der Waals surface area contributed by atoms with Crippen LogP contribution in [0.1, 0.15) is 16.8 Å². The van der Waals surface area contributed by atoms with Gasteiger partial charge in [0.15, 0.2) is 0 Å². The summed E-state index contributed by atoms with van der Waals surface area (Å²) < 4.78 is 16.0. The molecule has 1 N–H and O–H groups in total. The van der Waals surface area contributed by atoms with Crippen LogP contribution in [0.25, 0.3) is 10.9 Å². The molecule has 1 aliphatic rings. The number of nitrogens with one attached hydrogen (secondary N) is 1. The molecule has 23 heavy (non-hydrogen) atoms. The summed E-state index contributed by atoms with van der Waals surface area (Å²) in [4.78, 5) is 0. The largest absolute Gasteiger partial charge is 0.344 e. The Kier molecular flexibility index (Phi) is 3.83. The molecule has 2 nitrogen and oxygen atoms in total. The van der Waals surface area contributed by atoms with Crippen molar-refractivity contribution in [1.82, 2.24) is 9.88 Å². The van der Waals surface area contributed by atoms with Gasteiger partial charge in [-0.2, -0.15) is 0 Å². The van der Waals surface area contributed by atoms with E-state index in [1.54, 1.807) is 12.1 Å². The molecule has 0 amide bonds. The number of aromatic nitrogens is 1. The van der Waals surface area contributed by atoms with Crippen molar-refractivity contribution < 1.29 is 4.39 Å². The average Bonchev–Trinajstić information content (AvgIpc) is 2.88. The van der Waals surface area contributed by atoms with E-state index in [0.717, 1.165) is 48.4 Å². The van der Waals surface area contributed by atoms with Gasteiger partial charge in [-0.1, -0.05) is 23.7 Å². The molecule has 0 spiro atoms. The molecular weight excluding hydrogens is 311 g/mol. The summed E-state index contributed by atoms with van der Waals surface area (Å²) in [5.41, 5.74) is 5.00. The molecule has 0 bridgehead atoms. The van der Waals surface area contributed by atoms with E-state index in [1.807, 2.05) is 18.2 Å². The van der Waals surface area contributed by atoms with E-state index in [0.29, 0.717) is 0 Å². The topological polar surface area (TPSA) is 17.0 Å². The molecule has 4 heteroatoms. The van der Waals surface area contributed by atoms with Gasteiger partial charge in [0, 0.05) is 47.7 Å². The van der Waals surface area contributed by atoms with Gasteiger partial charge in [-0.3, -0.25) is 0 Å². The molecule has 0 atom stereocenters. The second-order valence-corrected chi connectivity index (χ2v) is 6.48. The Hall–Kier alpha value is -1.84. The summed E-state index contributed by atoms with van der Waals surface area (Å²) in [6, 6.07) is 13.1. The maximum Gasteiger partial charge on any atom is 0.123 e.